The number of nitrogens with zero attached hydrogens (tertiary/aromatic N) is 2. The number of fused-ring (bicyclic) bond motifs is 1. The summed E-state index contributed by atoms with van der Waals surface area (Å²) in [6.07, 6.45) is 5.37. The number of thioether (sulfide) groups is 1. The molecule has 1 aliphatic heterocycles. The van der Waals surface area contributed by atoms with Crippen LogP contribution in [0, 0.1) is 0 Å². The molecule has 0 bridgehead atoms. The van der Waals surface area contributed by atoms with Gasteiger partial charge in [0.15, 0.2) is 0 Å². The Morgan fingerprint density at radius 3 is 3.10 bits per heavy atom. The van der Waals surface area contributed by atoms with Crippen LogP contribution >= 0.6 is 11.8 Å². The van der Waals surface area contributed by atoms with E-state index in [1.165, 1.54) is 0 Å². The second-order valence-electron chi connectivity index (χ2n) is 5.22. The van der Waals surface area contributed by atoms with Gasteiger partial charge in [-0.15, -0.1) is 0 Å². The van der Waals surface area contributed by atoms with E-state index >= 15 is 0 Å². The molecule has 1 atom stereocenters. The van der Waals surface area contributed by atoms with Gasteiger partial charge < -0.3 is 4.90 Å². The number of hydrogen-bond acceptors (Lipinski definition) is 3. The first-order valence-electron chi connectivity index (χ1n) is 7.16. The second kappa shape index (κ2) is 6.31. The molecular weight excluding hydrogens is 280 g/mol. The Morgan fingerprint density at radius 2 is 2.24 bits per heavy atom. The van der Waals surface area contributed by atoms with E-state index in [1.54, 1.807) is 12.3 Å². The lowest BCUT2D eigenvalue weighted by molar-refractivity contribution is -0.125. The van der Waals surface area contributed by atoms with Crippen molar-refractivity contribution in [3.63, 3.8) is 0 Å². The third-order valence-electron chi connectivity index (χ3n) is 3.64. The van der Waals surface area contributed by atoms with Crippen molar-refractivity contribution in [1.82, 2.24) is 9.88 Å². The van der Waals surface area contributed by atoms with Crippen molar-refractivity contribution in [1.29, 1.82) is 0 Å². The molecule has 0 spiro atoms. The average Bonchev–Trinajstić information content (AvgIpc) is 2.52. The van der Waals surface area contributed by atoms with Crippen molar-refractivity contribution in [2.45, 2.75) is 12.2 Å². The maximum absolute atomic E-state index is 12.3. The molecule has 0 radical (unpaired) electrons. The van der Waals surface area contributed by atoms with Crippen LogP contribution in [0.4, 0.5) is 0 Å². The van der Waals surface area contributed by atoms with E-state index < -0.39 is 0 Å². The Bertz CT molecular complexity index is 678. The monoisotopic (exact) mass is 298 g/mol. The highest BCUT2D eigenvalue weighted by Gasteiger charge is 2.19. The quantitative estimate of drug-likeness (QED) is 0.798. The second-order valence-corrected chi connectivity index (χ2v) is 6.76. The fourth-order valence-corrected chi connectivity index (χ4v) is 3.56. The Balaban J connectivity index is 1.80. The van der Waals surface area contributed by atoms with E-state index in [2.05, 4.69) is 11.9 Å². The smallest absolute Gasteiger partial charge is 0.246 e. The number of aromatic nitrogens is 1. The van der Waals surface area contributed by atoms with Gasteiger partial charge in [-0.05, 0) is 23.8 Å². The van der Waals surface area contributed by atoms with Crippen LogP contribution < -0.4 is 0 Å². The Labute approximate surface area is 129 Å². The van der Waals surface area contributed by atoms with E-state index in [-0.39, 0.29) is 5.91 Å². The molecule has 3 rings (SSSR count). The van der Waals surface area contributed by atoms with Crippen LogP contribution in [0.5, 0.6) is 0 Å². The summed E-state index contributed by atoms with van der Waals surface area (Å²) in [4.78, 5) is 18.5. The fraction of sp³-hybridized carbons (Fsp3) is 0.294. The third-order valence-corrected chi connectivity index (χ3v) is 4.78. The lowest BCUT2D eigenvalue weighted by Gasteiger charge is -2.29. The van der Waals surface area contributed by atoms with Crippen LogP contribution in [0.15, 0.2) is 42.6 Å². The topological polar surface area (TPSA) is 33.2 Å². The Morgan fingerprint density at radius 1 is 1.38 bits per heavy atom. The minimum Gasteiger partial charge on any atom is -0.337 e. The molecule has 2 heterocycles. The predicted octanol–water partition coefficient (Wildman–Crippen LogP) is 3.21. The van der Waals surface area contributed by atoms with Crippen molar-refractivity contribution in [2.24, 2.45) is 0 Å². The normalized spacial score (nSPS) is 19.3. The van der Waals surface area contributed by atoms with E-state index in [9.17, 15) is 4.79 Å². The number of amides is 1. The minimum atomic E-state index is 0.100. The molecule has 1 amide bonds. The number of benzene rings is 1. The summed E-state index contributed by atoms with van der Waals surface area (Å²) >= 11 is 1.93. The number of carbonyl (C=O) groups excluding carboxylic acids is 1. The zero-order valence-electron chi connectivity index (χ0n) is 12.0. The van der Waals surface area contributed by atoms with Gasteiger partial charge in [-0.25, -0.2) is 0 Å². The number of pyridine rings is 1. The summed E-state index contributed by atoms with van der Waals surface area (Å²) in [6, 6.07) is 9.93. The lowest BCUT2D eigenvalue weighted by Crippen LogP contribution is -2.40. The van der Waals surface area contributed by atoms with Gasteiger partial charge in [-0.3, -0.25) is 9.78 Å². The minimum absolute atomic E-state index is 0.100. The molecule has 108 valence electrons. The number of rotatable bonds is 2. The summed E-state index contributed by atoms with van der Waals surface area (Å²) in [5, 5.41) is 1.60. The molecule has 1 saturated heterocycles. The SMILES string of the molecule is C[C@@H]1CN(C(=O)/C=C/c2ccnc3ccccc23)CCS1. The molecule has 3 nitrogen and oxygen atoms in total. The molecule has 1 aromatic carbocycles. The van der Waals surface area contributed by atoms with E-state index in [1.807, 2.05) is 53.1 Å². The van der Waals surface area contributed by atoms with Crippen LogP contribution in [0.1, 0.15) is 12.5 Å². The van der Waals surface area contributed by atoms with Gasteiger partial charge in [0.25, 0.3) is 0 Å². The molecule has 0 unspecified atom stereocenters. The highest BCUT2D eigenvalue weighted by atomic mass is 32.2. The van der Waals surface area contributed by atoms with E-state index in [0.717, 1.165) is 35.3 Å². The molecule has 1 aromatic heterocycles. The van der Waals surface area contributed by atoms with Crippen molar-refractivity contribution < 1.29 is 4.79 Å². The lowest BCUT2D eigenvalue weighted by atomic mass is 10.1. The molecule has 4 heteroatoms. The van der Waals surface area contributed by atoms with Crippen LogP contribution in [0.2, 0.25) is 0 Å². The first kappa shape index (κ1) is 14.1. The molecule has 1 aliphatic rings. The molecule has 0 N–H and O–H groups in total. The summed E-state index contributed by atoms with van der Waals surface area (Å²) in [7, 11) is 0. The van der Waals surface area contributed by atoms with Gasteiger partial charge >= 0.3 is 0 Å². The largest absolute Gasteiger partial charge is 0.337 e. The molecule has 21 heavy (non-hydrogen) atoms. The summed E-state index contributed by atoms with van der Waals surface area (Å²) in [5.74, 6) is 1.13. The molecule has 1 fully saturated rings. The average molecular weight is 298 g/mol. The van der Waals surface area contributed by atoms with E-state index in [4.69, 9.17) is 0 Å². The van der Waals surface area contributed by atoms with Crippen LogP contribution in [-0.4, -0.2) is 39.9 Å². The molecule has 0 aliphatic carbocycles. The summed E-state index contributed by atoms with van der Waals surface area (Å²) < 4.78 is 0. The van der Waals surface area contributed by atoms with Gasteiger partial charge in [-0.1, -0.05) is 25.1 Å². The van der Waals surface area contributed by atoms with Crippen LogP contribution in [0.25, 0.3) is 17.0 Å². The van der Waals surface area contributed by atoms with Gasteiger partial charge in [0, 0.05) is 41.8 Å². The van der Waals surface area contributed by atoms with Gasteiger partial charge in [-0.2, -0.15) is 11.8 Å². The van der Waals surface area contributed by atoms with Crippen molar-refractivity contribution in [3.05, 3.63) is 48.2 Å². The standard InChI is InChI=1S/C17H18N2OS/c1-13-12-19(10-11-21-13)17(20)7-6-14-8-9-18-16-5-3-2-4-15(14)16/h2-9,13H,10-12H2,1H3/b7-6+/t13-/m1/s1. The van der Waals surface area contributed by atoms with Crippen LogP contribution in [0.3, 0.4) is 0 Å². The molecule has 2 aromatic rings. The number of hydrogen-bond donors (Lipinski definition) is 0. The zero-order valence-corrected chi connectivity index (χ0v) is 12.8. The maximum Gasteiger partial charge on any atom is 0.246 e. The first-order chi connectivity index (χ1) is 10.2. The van der Waals surface area contributed by atoms with Gasteiger partial charge in [0.1, 0.15) is 0 Å². The number of carbonyl (C=O) groups is 1. The fourth-order valence-electron chi connectivity index (χ4n) is 2.55. The summed E-state index contributed by atoms with van der Waals surface area (Å²) in [6.45, 7) is 3.85. The van der Waals surface area contributed by atoms with Gasteiger partial charge in [0.2, 0.25) is 5.91 Å². The Hall–Kier alpha value is -1.81. The first-order valence-corrected chi connectivity index (χ1v) is 8.21. The third kappa shape index (κ3) is 3.27. The highest BCUT2D eigenvalue weighted by molar-refractivity contribution is 7.99. The van der Waals surface area contributed by atoms with Gasteiger partial charge in [0.05, 0.1) is 5.52 Å². The number of para-hydroxylation sites is 1. The molecule has 0 saturated carbocycles. The van der Waals surface area contributed by atoms with Crippen molar-refractivity contribution >= 4 is 34.6 Å². The highest BCUT2D eigenvalue weighted by Crippen LogP contribution is 2.19. The zero-order chi connectivity index (χ0) is 14.7. The summed E-state index contributed by atoms with van der Waals surface area (Å²) in [5.41, 5.74) is 1.99. The van der Waals surface area contributed by atoms with Crippen LogP contribution in [-0.2, 0) is 4.79 Å². The molecular formula is C17H18N2OS. The predicted molar refractivity (Wildman–Crippen MR) is 89.3 cm³/mol. The Kier molecular flexibility index (Phi) is 4.25. The van der Waals surface area contributed by atoms with E-state index in [0.29, 0.717) is 5.25 Å². The van der Waals surface area contributed by atoms with Crippen molar-refractivity contribution in [3.8, 4) is 0 Å². The maximum atomic E-state index is 12.3. The van der Waals surface area contributed by atoms with Crippen molar-refractivity contribution in [2.75, 3.05) is 18.8 Å².